The zero-order valence-electron chi connectivity index (χ0n) is 14.8. The van der Waals surface area contributed by atoms with Crippen molar-refractivity contribution in [3.8, 4) is 0 Å². The van der Waals surface area contributed by atoms with Gasteiger partial charge in [0.15, 0.2) is 5.96 Å². The third kappa shape index (κ3) is 5.05. The molecule has 128 valence electrons. The van der Waals surface area contributed by atoms with Crippen LogP contribution in [0, 0.1) is 0 Å². The van der Waals surface area contributed by atoms with Crippen LogP contribution in [0.1, 0.15) is 52.4 Å². The van der Waals surface area contributed by atoms with Crippen LogP contribution in [0.15, 0.2) is 4.99 Å². The number of piperidine rings is 1. The molecule has 5 heteroatoms. The molecule has 0 aromatic carbocycles. The molecule has 2 N–H and O–H groups in total. The second kappa shape index (κ2) is 8.44. The molecule has 2 aliphatic rings. The van der Waals surface area contributed by atoms with Gasteiger partial charge in [-0.25, -0.2) is 0 Å². The predicted octanol–water partition coefficient (Wildman–Crippen LogP) is 2.70. The van der Waals surface area contributed by atoms with Crippen LogP contribution in [0.25, 0.3) is 0 Å². The minimum Gasteiger partial charge on any atom is -0.355 e. The summed E-state index contributed by atoms with van der Waals surface area (Å²) >= 11 is 2.00. The average molecular weight is 327 g/mol. The van der Waals surface area contributed by atoms with Crippen LogP contribution in [0.5, 0.6) is 0 Å². The van der Waals surface area contributed by atoms with E-state index in [0.717, 1.165) is 17.8 Å². The Balaban J connectivity index is 1.78. The number of guanidine groups is 1. The van der Waals surface area contributed by atoms with E-state index in [1.54, 1.807) is 0 Å². The molecule has 4 nitrogen and oxygen atoms in total. The van der Waals surface area contributed by atoms with Crippen LogP contribution >= 0.6 is 11.8 Å². The van der Waals surface area contributed by atoms with Gasteiger partial charge in [0.05, 0.1) is 0 Å². The number of hydrogen-bond acceptors (Lipinski definition) is 3. The lowest BCUT2D eigenvalue weighted by molar-refractivity contribution is 0.0982. The van der Waals surface area contributed by atoms with Gasteiger partial charge in [-0.05, 0) is 65.3 Å². The van der Waals surface area contributed by atoms with Crippen molar-refractivity contribution in [2.45, 2.75) is 69.2 Å². The Hall–Kier alpha value is -0.420. The monoisotopic (exact) mass is 326 g/mol. The van der Waals surface area contributed by atoms with Gasteiger partial charge in [-0.1, -0.05) is 6.42 Å². The van der Waals surface area contributed by atoms with Crippen molar-refractivity contribution in [3.63, 3.8) is 0 Å². The minimum absolute atomic E-state index is 0.190. The third-order valence-electron chi connectivity index (χ3n) is 5.18. The smallest absolute Gasteiger partial charge is 0.191 e. The number of nitrogens with zero attached hydrogens (tertiary/aromatic N) is 2. The predicted molar refractivity (Wildman–Crippen MR) is 98.9 cm³/mol. The maximum Gasteiger partial charge on any atom is 0.191 e. The fourth-order valence-electron chi connectivity index (χ4n) is 3.58. The second-order valence-electron chi connectivity index (χ2n) is 7.30. The molecule has 22 heavy (non-hydrogen) atoms. The first-order valence-corrected chi connectivity index (χ1v) is 10.1. The molecule has 0 spiro atoms. The Morgan fingerprint density at radius 2 is 1.95 bits per heavy atom. The summed E-state index contributed by atoms with van der Waals surface area (Å²) in [5.41, 5.74) is 0.190. The highest BCUT2D eigenvalue weighted by Crippen LogP contribution is 2.28. The van der Waals surface area contributed by atoms with E-state index in [1.165, 1.54) is 51.6 Å². The third-order valence-corrected chi connectivity index (χ3v) is 6.28. The molecular formula is C17H34N4S. The molecule has 1 saturated carbocycles. The van der Waals surface area contributed by atoms with Gasteiger partial charge in [0.2, 0.25) is 0 Å². The fourth-order valence-corrected chi connectivity index (χ4v) is 4.38. The number of nitrogens with one attached hydrogen (secondary N) is 2. The molecule has 2 fully saturated rings. The quantitative estimate of drug-likeness (QED) is 0.602. The van der Waals surface area contributed by atoms with E-state index in [-0.39, 0.29) is 5.54 Å². The number of likely N-dealkylation sites (tertiary alicyclic amines) is 1. The molecular weight excluding hydrogens is 292 g/mol. The maximum atomic E-state index is 4.42. The first-order valence-electron chi connectivity index (χ1n) is 8.80. The molecule has 0 bridgehead atoms. The molecule has 1 heterocycles. The molecule has 1 aliphatic heterocycles. The van der Waals surface area contributed by atoms with E-state index in [2.05, 4.69) is 40.6 Å². The molecule has 2 unspecified atom stereocenters. The Kier molecular flexibility index (Phi) is 6.87. The molecule has 0 aromatic rings. The Labute approximate surface area is 140 Å². The van der Waals surface area contributed by atoms with Crippen LogP contribution in [0.2, 0.25) is 0 Å². The highest BCUT2D eigenvalue weighted by molar-refractivity contribution is 7.99. The minimum atomic E-state index is 0.190. The van der Waals surface area contributed by atoms with Gasteiger partial charge < -0.3 is 10.6 Å². The van der Waals surface area contributed by atoms with E-state index in [1.807, 2.05) is 18.8 Å². The summed E-state index contributed by atoms with van der Waals surface area (Å²) in [6.45, 7) is 8.11. The van der Waals surface area contributed by atoms with Crippen LogP contribution < -0.4 is 10.6 Å². The molecule has 1 saturated heterocycles. The van der Waals surface area contributed by atoms with Crippen molar-refractivity contribution in [2.75, 3.05) is 32.9 Å². The van der Waals surface area contributed by atoms with Gasteiger partial charge in [-0.2, -0.15) is 11.8 Å². The standard InChI is InChI=1S/C17H34N4S/c1-17(2,21-10-6-5-7-11-21)13-19-16(18-3)20-14-8-9-15(12-14)22-4/h14-15H,5-13H2,1-4H3,(H2,18,19,20). The number of aliphatic imine (C=N–C) groups is 1. The Bertz CT molecular complexity index is 364. The zero-order valence-corrected chi connectivity index (χ0v) is 15.6. The summed E-state index contributed by atoms with van der Waals surface area (Å²) in [5, 5.41) is 7.99. The van der Waals surface area contributed by atoms with Gasteiger partial charge in [-0.3, -0.25) is 9.89 Å². The number of rotatable bonds is 5. The van der Waals surface area contributed by atoms with Crippen LogP contribution in [-0.2, 0) is 0 Å². The van der Waals surface area contributed by atoms with E-state index >= 15 is 0 Å². The number of hydrogen-bond donors (Lipinski definition) is 2. The van der Waals surface area contributed by atoms with E-state index < -0.39 is 0 Å². The summed E-state index contributed by atoms with van der Waals surface area (Å²) in [7, 11) is 1.88. The van der Waals surface area contributed by atoms with E-state index in [9.17, 15) is 0 Å². The maximum absolute atomic E-state index is 4.42. The van der Waals surface area contributed by atoms with Gasteiger partial charge in [0.1, 0.15) is 0 Å². The lowest BCUT2D eigenvalue weighted by atomic mass is 9.98. The molecule has 1 aliphatic carbocycles. The molecule has 2 rings (SSSR count). The summed E-state index contributed by atoms with van der Waals surface area (Å²) in [6, 6.07) is 0.585. The highest BCUT2D eigenvalue weighted by atomic mass is 32.2. The molecule has 0 aromatic heterocycles. The SMILES string of the molecule is CN=C(NCC(C)(C)N1CCCCC1)NC1CCC(SC)C1. The lowest BCUT2D eigenvalue weighted by Gasteiger charge is -2.41. The second-order valence-corrected chi connectivity index (χ2v) is 8.44. The largest absolute Gasteiger partial charge is 0.355 e. The normalized spacial score (nSPS) is 27.9. The first kappa shape index (κ1) is 17.9. The average Bonchev–Trinajstić information content (AvgIpc) is 3.00. The fraction of sp³-hybridized carbons (Fsp3) is 0.941. The van der Waals surface area contributed by atoms with Crippen LogP contribution in [0.4, 0.5) is 0 Å². The van der Waals surface area contributed by atoms with Crippen molar-refractivity contribution < 1.29 is 0 Å². The molecule has 0 radical (unpaired) electrons. The van der Waals surface area contributed by atoms with Crippen molar-refractivity contribution in [1.82, 2.24) is 15.5 Å². The van der Waals surface area contributed by atoms with Crippen molar-refractivity contribution in [3.05, 3.63) is 0 Å². The van der Waals surface area contributed by atoms with Crippen molar-refractivity contribution >= 4 is 17.7 Å². The van der Waals surface area contributed by atoms with Crippen LogP contribution in [-0.4, -0.2) is 60.6 Å². The summed E-state index contributed by atoms with van der Waals surface area (Å²) in [5.74, 6) is 0.969. The van der Waals surface area contributed by atoms with Gasteiger partial charge >= 0.3 is 0 Å². The van der Waals surface area contributed by atoms with Crippen molar-refractivity contribution in [2.24, 2.45) is 4.99 Å². The van der Waals surface area contributed by atoms with Gasteiger partial charge in [0.25, 0.3) is 0 Å². The van der Waals surface area contributed by atoms with E-state index in [4.69, 9.17) is 0 Å². The zero-order chi connectivity index (χ0) is 16.0. The summed E-state index contributed by atoms with van der Waals surface area (Å²) < 4.78 is 0. The van der Waals surface area contributed by atoms with E-state index in [0.29, 0.717) is 6.04 Å². The topological polar surface area (TPSA) is 39.7 Å². The highest BCUT2D eigenvalue weighted by Gasteiger charge is 2.29. The number of thioether (sulfide) groups is 1. The first-order chi connectivity index (χ1) is 10.5. The van der Waals surface area contributed by atoms with Gasteiger partial charge in [0, 0.05) is 30.4 Å². The Morgan fingerprint density at radius 3 is 2.55 bits per heavy atom. The lowest BCUT2D eigenvalue weighted by Crippen LogP contribution is -2.55. The van der Waals surface area contributed by atoms with Crippen LogP contribution in [0.3, 0.4) is 0 Å². The summed E-state index contributed by atoms with van der Waals surface area (Å²) in [4.78, 5) is 7.04. The molecule has 0 amide bonds. The van der Waals surface area contributed by atoms with Crippen molar-refractivity contribution in [1.29, 1.82) is 0 Å². The van der Waals surface area contributed by atoms with Gasteiger partial charge in [-0.15, -0.1) is 0 Å². The Morgan fingerprint density at radius 1 is 1.23 bits per heavy atom. The summed E-state index contributed by atoms with van der Waals surface area (Å²) in [6.07, 6.45) is 10.2. The molecule has 2 atom stereocenters.